The van der Waals surface area contributed by atoms with Crippen LogP contribution in [0.25, 0.3) is 0 Å². The number of likely N-dealkylation sites (tertiary alicyclic amines) is 1. The van der Waals surface area contributed by atoms with Gasteiger partial charge in [-0.15, -0.1) is 0 Å². The van der Waals surface area contributed by atoms with Crippen molar-refractivity contribution in [3.05, 3.63) is 30.2 Å². The third-order valence-corrected chi connectivity index (χ3v) is 6.08. The van der Waals surface area contributed by atoms with Gasteiger partial charge in [0.1, 0.15) is 17.8 Å². The maximum atomic E-state index is 12.8. The third kappa shape index (κ3) is 5.51. The Hall–Kier alpha value is -3.46. The highest BCUT2D eigenvalue weighted by atomic mass is 19.4. The molecular weight excluding hydrogens is 502 g/mol. The van der Waals surface area contributed by atoms with Crippen LogP contribution in [0.1, 0.15) is 36.1 Å². The lowest BCUT2D eigenvalue weighted by molar-refractivity contribution is -0.308. The fraction of sp³-hybridized carbons (Fsp3) is 0.600. The van der Waals surface area contributed by atoms with E-state index >= 15 is 0 Å². The number of carbonyl (C=O) groups excluding carboxylic acids is 2. The van der Waals surface area contributed by atoms with Crippen LogP contribution < -0.4 is 10.2 Å². The summed E-state index contributed by atoms with van der Waals surface area (Å²) in [5, 5.41) is 2.81. The number of nitrogens with one attached hydrogen (secondary N) is 1. The number of imidazole rings is 1. The highest BCUT2D eigenvalue weighted by Gasteiger charge is 2.60. The SMILES string of the molecule is CC1(NC(=O)c2cn3c(n2)CN(c2ncco2)CC3)CCN(C(=O)OC(C(F)(F)F)C(F)(F)F)CC1. The fourth-order valence-electron chi connectivity index (χ4n) is 4.04. The number of aromatic nitrogens is 3. The van der Waals surface area contributed by atoms with E-state index in [-0.39, 0.29) is 31.6 Å². The molecule has 16 heteroatoms. The monoisotopic (exact) mass is 524 g/mol. The van der Waals surface area contributed by atoms with Gasteiger partial charge in [-0.3, -0.25) is 4.79 Å². The van der Waals surface area contributed by atoms with Crippen molar-refractivity contribution in [2.75, 3.05) is 24.5 Å². The molecule has 2 aliphatic heterocycles. The number of nitrogens with zero attached hydrogens (tertiary/aromatic N) is 5. The van der Waals surface area contributed by atoms with Crippen molar-refractivity contribution >= 4 is 18.0 Å². The largest absolute Gasteiger partial charge is 0.434 e. The number of oxazole rings is 1. The van der Waals surface area contributed by atoms with E-state index in [0.717, 1.165) is 4.90 Å². The van der Waals surface area contributed by atoms with Gasteiger partial charge in [-0.2, -0.15) is 26.3 Å². The quantitative estimate of drug-likeness (QED) is 0.613. The predicted octanol–water partition coefficient (Wildman–Crippen LogP) is 3.11. The number of amides is 2. The number of carbonyl (C=O) groups is 2. The van der Waals surface area contributed by atoms with Crippen molar-refractivity contribution in [2.24, 2.45) is 0 Å². The van der Waals surface area contributed by atoms with Gasteiger partial charge in [0, 0.05) is 37.9 Å². The predicted molar refractivity (Wildman–Crippen MR) is 109 cm³/mol. The van der Waals surface area contributed by atoms with E-state index in [1.165, 1.54) is 12.5 Å². The number of hydrogen-bond acceptors (Lipinski definition) is 7. The molecule has 36 heavy (non-hydrogen) atoms. The summed E-state index contributed by atoms with van der Waals surface area (Å²) in [5.74, 6) is 0.128. The fourth-order valence-corrected chi connectivity index (χ4v) is 4.04. The summed E-state index contributed by atoms with van der Waals surface area (Å²) >= 11 is 0. The first-order valence-corrected chi connectivity index (χ1v) is 10.9. The second-order valence-corrected chi connectivity index (χ2v) is 8.82. The van der Waals surface area contributed by atoms with E-state index in [1.807, 2.05) is 9.47 Å². The van der Waals surface area contributed by atoms with Crippen LogP contribution in [0.3, 0.4) is 0 Å². The number of fused-ring (bicyclic) bond motifs is 1. The van der Waals surface area contributed by atoms with E-state index in [4.69, 9.17) is 4.42 Å². The van der Waals surface area contributed by atoms with Crippen molar-refractivity contribution in [2.45, 2.75) is 56.9 Å². The Morgan fingerprint density at radius 2 is 1.78 bits per heavy atom. The van der Waals surface area contributed by atoms with E-state index in [2.05, 4.69) is 20.0 Å². The number of halogens is 6. The molecule has 4 heterocycles. The second kappa shape index (κ2) is 9.20. The third-order valence-electron chi connectivity index (χ3n) is 6.08. The average Bonchev–Trinajstić information content (AvgIpc) is 3.45. The number of rotatable bonds is 4. The van der Waals surface area contributed by atoms with Crippen LogP contribution in [0.15, 0.2) is 23.1 Å². The normalized spacial score (nSPS) is 18.2. The maximum absolute atomic E-state index is 12.8. The molecule has 1 N–H and O–H groups in total. The van der Waals surface area contributed by atoms with Crippen LogP contribution in [0.5, 0.6) is 0 Å². The summed E-state index contributed by atoms with van der Waals surface area (Å²) < 4.78 is 86.9. The number of piperidine rings is 1. The molecule has 0 radical (unpaired) electrons. The molecule has 0 bridgehead atoms. The first kappa shape index (κ1) is 25.6. The summed E-state index contributed by atoms with van der Waals surface area (Å²) in [5.41, 5.74) is -0.712. The van der Waals surface area contributed by atoms with E-state index in [9.17, 15) is 35.9 Å². The smallest absolute Gasteiger partial charge is 0.432 e. The summed E-state index contributed by atoms with van der Waals surface area (Å²) in [6.07, 6.45) is -12.8. The molecule has 2 aromatic rings. The zero-order chi connectivity index (χ0) is 26.3. The van der Waals surface area contributed by atoms with Crippen molar-refractivity contribution in [1.82, 2.24) is 24.8 Å². The second-order valence-electron chi connectivity index (χ2n) is 8.82. The van der Waals surface area contributed by atoms with E-state index in [1.54, 1.807) is 13.1 Å². The summed E-state index contributed by atoms with van der Waals surface area (Å²) in [7, 11) is 0. The van der Waals surface area contributed by atoms with Gasteiger partial charge in [-0.05, 0) is 19.8 Å². The zero-order valence-corrected chi connectivity index (χ0v) is 18.9. The molecule has 0 spiro atoms. The lowest BCUT2D eigenvalue weighted by Gasteiger charge is -2.39. The average molecular weight is 524 g/mol. The van der Waals surface area contributed by atoms with Gasteiger partial charge in [0.25, 0.3) is 18.0 Å². The van der Waals surface area contributed by atoms with Gasteiger partial charge >= 0.3 is 18.4 Å². The Morgan fingerprint density at radius 1 is 1.11 bits per heavy atom. The van der Waals surface area contributed by atoms with Crippen LogP contribution in [0, 0.1) is 0 Å². The molecule has 0 unspecified atom stereocenters. The van der Waals surface area contributed by atoms with Gasteiger partial charge < -0.3 is 28.8 Å². The molecule has 4 rings (SSSR count). The minimum absolute atomic E-state index is 0.0854. The molecule has 0 aliphatic carbocycles. The molecule has 1 fully saturated rings. The molecule has 2 amide bonds. The van der Waals surface area contributed by atoms with Gasteiger partial charge in [0.15, 0.2) is 0 Å². The van der Waals surface area contributed by atoms with Crippen molar-refractivity contribution in [1.29, 1.82) is 0 Å². The lowest BCUT2D eigenvalue weighted by atomic mass is 9.89. The molecule has 2 aliphatic rings. The Bertz CT molecular complexity index is 1080. The summed E-state index contributed by atoms with van der Waals surface area (Å²) in [6, 6.07) is 0.435. The highest BCUT2D eigenvalue weighted by Crippen LogP contribution is 2.36. The lowest BCUT2D eigenvalue weighted by Crippen LogP contribution is -2.55. The zero-order valence-electron chi connectivity index (χ0n) is 18.9. The van der Waals surface area contributed by atoms with Crippen molar-refractivity contribution in [3.63, 3.8) is 0 Å². The standard InChI is InChI=1S/C20H22F6N6O4/c1-18(2-5-30(6-3-18)17(34)36-15(19(21,22)23)20(24,25)26)29-14(33)12-10-31-7-8-32(11-13(31)28-12)16-27-4-9-35-16/h4,9-10,15H,2-3,5-8,11H2,1H3,(H,29,33). The van der Waals surface area contributed by atoms with E-state index < -0.39 is 36.0 Å². The molecule has 1 saturated heterocycles. The molecule has 0 aromatic carbocycles. The van der Waals surface area contributed by atoms with Gasteiger partial charge in [-0.1, -0.05) is 0 Å². The van der Waals surface area contributed by atoms with Crippen LogP contribution in [0.2, 0.25) is 0 Å². The first-order chi connectivity index (χ1) is 16.7. The minimum Gasteiger partial charge on any atom is -0.432 e. The molecule has 0 atom stereocenters. The molecular formula is C20H22F6N6O4. The summed E-state index contributed by atoms with van der Waals surface area (Å²) in [6.45, 7) is 2.77. The molecule has 2 aromatic heterocycles. The Balaban J connectivity index is 1.33. The maximum Gasteiger partial charge on any atom is 0.434 e. The number of alkyl halides is 6. The van der Waals surface area contributed by atoms with Crippen LogP contribution in [-0.2, 0) is 17.8 Å². The minimum atomic E-state index is -5.79. The Morgan fingerprint density at radius 3 is 2.36 bits per heavy atom. The van der Waals surface area contributed by atoms with Crippen LogP contribution >= 0.6 is 0 Å². The topological polar surface area (TPSA) is 106 Å². The Kier molecular flexibility index (Phi) is 6.55. The van der Waals surface area contributed by atoms with Gasteiger partial charge in [-0.25, -0.2) is 14.8 Å². The number of ether oxygens (including phenoxy) is 1. The van der Waals surface area contributed by atoms with Crippen molar-refractivity contribution < 1.29 is 45.1 Å². The number of hydrogen-bond donors (Lipinski definition) is 1. The number of anilines is 1. The van der Waals surface area contributed by atoms with Gasteiger partial charge in [0.2, 0.25) is 0 Å². The van der Waals surface area contributed by atoms with Crippen LogP contribution in [-0.4, -0.2) is 75.1 Å². The van der Waals surface area contributed by atoms with Gasteiger partial charge in [0.05, 0.1) is 12.7 Å². The first-order valence-electron chi connectivity index (χ1n) is 10.9. The van der Waals surface area contributed by atoms with Crippen molar-refractivity contribution in [3.8, 4) is 0 Å². The Labute approximate surface area is 200 Å². The molecule has 10 nitrogen and oxygen atoms in total. The molecule has 198 valence electrons. The highest BCUT2D eigenvalue weighted by molar-refractivity contribution is 5.92. The van der Waals surface area contributed by atoms with E-state index in [0.29, 0.717) is 31.5 Å². The molecule has 0 saturated carbocycles. The van der Waals surface area contributed by atoms with Crippen LogP contribution in [0.4, 0.5) is 37.2 Å². The summed E-state index contributed by atoms with van der Waals surface area (Å²) in [4.78, 5) is 35.9.